The Labute approximate surface area is 147 Å². The van der Waals surface area contributed by atoms with E-state index in [1.54, 1.807) is 19.2 Å². The molecule has 5 heteroatoms. The molecule has 0 bridgehead atoms. The second-order valence-electron chi connectivity index (χ2n) is 6.52. The molecule has 25 heavy (non-hydrogen) atoms. The van der Waals surface area contributed by atoms with E-state index < -0.39 is 5.82 Å². The van der Waals surface area contributed by atoms with Crippen molar-refractivity contribution in [3.63, 3.8) is 0 Å². The Morgan fingerprint density at radius 1 is 1.24 bits per heavy atom. The first kappa shape index (κ1) is 17.4. The van der Waals surface area contributed by atoms with Gasteiger partial charge >= 0.3 is 0 Å². The summed E-state index contributed by atoms with van der Waals surface area (Å²) in [5, 5.41) is 2.68. The van der Waals surface area contributed by atoms with Crippen molar-refractivity contribution in [2.75, 3.05) is 19.0 Å². The van der Waals surface area contributed by atoms with E-state index in [2.05, 4.69) is 10.2 Å². The van der Waals surface area contributed by atoms with Gasteiger partial charge in [0.15, 0.2) is 0 Å². The molecule has 0 spiro atoms. The molecule has 1 aliphatic carbocycles. The number of aryl methyl sites for hydroxylation is 1. The van der Waals surface area contributed by atoms with Crippen molar-refractivity contribution in [2.45, 2.75) is 32.4 Å². The van der Waals surface area contributed by atoms with Crippen molar-refractivity contribution < 1.29 is 13.9 Å². The highest BCUT2D eigenvalue weighted by Gasteiger charge is 2.30. The Balaban J connectivity index is 1.62. The van der Waals surface area contributed by atoms with Crippen LogP contribution in [0.2, 0.25) is 0 Å². The third-order valence-electron chi connectivity index (χ3n) is 4.35. The van der Waals surface area contributed by atoms with Gasteiger partial charge in [-0.3, -0.25) is 9.69 Å². The molecule has 1 saturated carbocycles. The smallest absolute Gasteiger partial charge is 0.238 e. The number of benzene rings is 2. The summed E-state index contributed by atoms with van der Waals surface area (Å²) < 4.78 is 19.1. The number of nitrogens with one attached hydrogen (secondary N) is 1. The predicted molar refractivity (Wildman–Crippen MR) is 96.2 cm³/mol. The third kappa shape index (κ3) is 4.79. The number of methoxy groups -OCH3 is 1. The van der Waals surface area contributed by atoms with Gasteiger partial charge < -0.3 is 10.1 Å². The first-order valence-electron chi connectivity index (χ1n) is 8.48. The van der Waals surface area contributed by atoms with Crippen LogP contribution in [0, 0.1) is 12.7 Å². The van der Waals surface area contributed by atoms with Crippen LogP contribution in [-0.2, 0) is 11.3 Å². The number of hydrogen-bond acceptors (Lipinski definition) is 3. The standard InChI is InChI=1S/C20H23FN2O2/c1-14-3-10-19(18(21)11-14)22-20(24)13-23(16-6-7-16)12-15-4-8-17(25-2)9-5-15/h3-5,8-11,16H,6-7,12-13H2,1-2H3,(H,22,24). The Bertz CT molecular complexity index is 742. The lowest BCUT2D eigenvalue weighted by molar-refractivity contribution is -0.117. The SMILES string of the molecule is COc1ccc(CN(CC(=O)Nc2ccc(C)cc2F)C2CC2)cc1. The molecule has 2 aromatic rings. The van der Waals surface area contributed by atoms with Gasteiger partial charge in [0.25, 0.3) is 0 Å². The second-order valence-corrected chi connectivity index (χ2v) is 6.52. The molecule has 3 rings (SSSR count). The van der Waals surface area contributed by atoms with Crippen molar-refractivity contribution in [3.05, 3.63) is 59.4 Å². The number of carbonyl (C=O) groups is 1. The van der Waals surface area contributed by atoms with Crippen LogP contribution >= 0.6 is 0 Å². The van der Waals surface area contributed by atoms with Crippen molar-refractivity contribution in [1.82, 2.24) is 4.90 Å². The number of carbonyl (C=O) groups excluding carboxylic acids is 1. The van der Waals surface area contributed by atoms with Crippen LogP contribution < -0.4 is 10.1 Å². The molecule has 0 heterocycles. The van der Waals surface area contributed by atoms with Crippen molar-refractivity contribution in [3.8, 4) is 5.75 Å². The second kappa shape index (κ2) is 7.66. The van der Waals surface area contributed by atoms with Gasteiger partial charge in [-0.1, -0.05) is 18.2 Å². The number of anilines is 1. The summed E-state index contributed by atoms with van der Waals surface area (Å²) >= 11 is 0. The topological polar surface area (TPSA) is 41.6 Å². The minimum atomic E-state index is -0.401. The van der Waals surface area contributed by atoms with E-state index in [9.17, 15) is 9.18 Å². The summed E-state index contributed by atoms with van der Waals surface area (Å²) in [6.07, 6.45) is 2.20. The van der Waals surface area contributed by atoms with Crippen LogP contribution in [0.3, 0.4) is 0 Å². The number of rotatable bonds is 7. The molecular weight excluding hydrogens is 319 g/mol. The Morgan fingerprint density at radius 3 is 2.56 bits per heavy atom. The van der Waals surface area contributed by atoms with Gasteiger partial charge in [-0.15, -0.1) is 0 Å². The number of amides is 1. The molecule has 0 radical (unpaired) electrons. The summed E-state index contributed by atoms with van der Waals surface area (Å²) in [6, 6.07) is 13.1. The minimum Gasteiger partial charge on any atom is -0.497 e. The highest BCUT2D eigenvalue weighted by molar-refractivity contribution is 5.92. The fourth-order valence-corrected chi connectivity index (χ4v) is 2.81. The maximum absolute atomic E-state index is 13.9. The van der Waals surface area contributed by atoms with E-state index in [0.717, 1.165) is 29.7 Å². The molecule has 4 nitrogen and oxygen atoms in total. The first-order valence-corrected chi connectivity index (χ1v) is 8.48. The summed E-state index contributed by atoms with van der Waals surface area (Å²) in [7, 11) is 1.64. The lowest BCUT2D eigenvalue weighted by Crippen LogP contribution is -2.34. The van der Waals surface area contributed by atoms with Crippen LogP contribution in [0.25, 0.3) is 0 Å². The zero-order chi connectivity index (χ0) is 17.8. The highest BCUT2D eigenvalue weighted by Crippen LogP contribution is 2.28. The fraction of sp³-hybridized carbons (Fsp3) is 0.350. The molecule has 0 saturated heterocycles. The van der Waals surface area contributed by atoms with Crippen LogP contribution in [-0.4, -0.2) is 30.5 Å². The lowest BCUT2D eigenvalue weighted by Gasteiger charge is -2.21. The van der Waals surface area contributed by atoms with Crippen molar-refractivity contribution in [2.24, 2.45) is 0 Å². The number of ether oxygens (including phenoxy) is 1. The van der Waals surface area contributed by atoms with Gasteiger partial charge in [-0.05, 0) is 55.2 Å². The molecule has 1 fully saturated rings. The van der Waals surface area contributed by atoms with E-state index in [1.165, 1.54) is 6.07 Å². The third-order valence-corrected chi connectivity index (χ3v) is 4.35. The summed E-state index contributed by atoms with van der Waals surface area (Å²) in [4.78, 5) is 14.5. The Hall–Kier alpha value is -2.40. The van der Waals surface area contributed by atoms with Crippen LogP contribution in [0.4, 0.5) is 10.1 Å². The number of halogens is 1. The van der Waals surface area contributed by atoms with E-state index in [0.29, 0.717) is 12.6 Å². The van der Waals surface area contributed by atoms with Gasteiger partial charge in [0.05, 0.1) is 19.3 Å². The molecule has 0 aliphatic heterocycles. The zero-order valence-electron chi connectivity index (χ0n) is 14.6. The van der Waals surface area contributed by atoms with Gasteiger partial charge in [-0.2, -0.15) is 0 Å². The average molecular weight is 342 g/mol. The van der Waals surface area contributed by atoms with Crippen molar-refractivity contribution in [1.29, 1.82) is 0 Å². The Kier molecular flexibility index (Phi) is 5.34. The molecule has 1 aliphatic rings. The van der Waals surface area contributed by atoms with E-state index in [4.69, 9.17) is 4.74 Å². The van der Waals surface area contributed by atoms with Gasteiger partial charge in [-0.25, -0.2) is 4.39 Å². The van der Waals surface area contributed by atoms with Gasteiger partial charge in [0.2, 0.25) is 5.91 Å². The summed E-state index contributed by atoms with van der Waals surface area (Å²) in [6.45, 7) is 2.76. The van der Waals surface area contributed by atoms with Crippen molar-refractivity contribution >= 4 is 11.6 Å². The van der Waals surface area contributed by atoms with E-state index in [-0.39, 0.29) is 18.1 Å². The molecule has 1 amide bonds. The summed E-state index contributed by atoms with van der Waals surface area (Å²) in [5.74, 6) is 0.221. The molecule has 132 valence electrons. The van der Waals surface area contributed by atoms with Gasteiger partial charge in [0.1, 0.15) is 11.6 Å². The predicted octanol–water partition coefficient (Wildman–Crippen LogP) is 3.75. The van der Waals surface area contributed by atoms with Crippen LogP contribution in [0.5, 0.6) is 5.75 Å². The minimum absolute atomic E-state index is 0.192. The van der Waals surface area contributed by atoms with E-state index in [1.807, 2.05) is 31.2 Å². The molecule has 0 unspecified atom stereocenters. The normalized spacial score (nSPS) is 13.8. The zero-order valence-corrected chi connectivity index (χ0v) is 14.6. The lowest BCUT2D eigenvalue weighted by atomic mass is 10.2. The summed E-state index contributed by atoms with van der Waals surface area (Å²) in [5.41, 5.74) is 2.19. The fourth-order valence-electron chi connectivity index (χ4n) is 2.81. The number of hydrogen-bond donors (Lipinski definition) is 1. The highest BCUT2D eigenvalue weighted by atomic mass is 19.1. The van der Waals surface area contributed by atoms with Gasteiger partial charge in [0, 0.05) is 12.6 Å². The monoisotopic (exact) mass is 342 g/mol. The average Bonchev–Trinajstić information content (AvgIpc) is 3.42. The molecular formula is C20H23FN2O2. The van der Waals surface area contributed by atoms with Crippen LogP contribution in [0.15, 0.2) is 42.5 Å². The molecule has 1 N–H and O–H groups in total. The maximum Gasteiger partial charge on any atom is 0.238 e. The largest absolute Gasteiger partial charge is 0.497 e. The maximum atomic E-state index is 13.9. The number of nitrogens with zero attached hydrogens (tertiary/aromatic N) is 1. The van der Waals surface area contributed by atoms with E-state index >= 15 is 0 Å². The molecule has 2 aromatic carbocycles. The first-order chi connectivity index (χ1) is 12.0. The Morgan fingerprint density at radius 2 is 1.96 bits per heavy atom. The molecule has 0 aromatic heterocycles. The quantitative estimate of drug-likeness (QED) is 0.833. The van der Waals surface area contributed by atoms with Crippen LogP contribution in [0.1, 0.15) is 24.0 Å². The molecule has 0 atom stereocenters.